The van der Waals surface area contributed by atoms with E-state index in [0.717, 1.165) is 44.7 Å². The Bertz CT molecular complexity index is 2660. The van der Waals surface area contributed by atoms with Gasteiger partial charge in [0.05, 0.1) is 11.0 Å². The number of hydrogen-bond acceptors (Lipinski definition) is 2. The predicted octanol–water partition coefficient (Wildman–Crippen LogP) is 13.4. The van der Waals surface area contributed by atoms with E-state index in [1.165, 1.54) is 65.0 Å². The van der Waals surface area contributed by atoms with Crippen molar-refractivity contribution in [3.05, 3.63) is 181 Å². The maximum atomic E-state index is 6.43. The minimum Gasteiger partial charge on any atom is -0.456 e. The van der Waals surface area contributed by atoms with Crippen molar-refractivity contribution in [2.75, 3.05) is 4.90 Å². The first kappa shape index (κ1) is 29.8. The minimum absolute atomic E-state index is 0.0498. The van der Waals surface area contributed by atoms with Crippen LogP contribution in [0.2, 0.25) is 0 Å². The summed E-state index contributed by atoms with van der Waals surface area (Å²) in [7, 11) is 0. The van der Waals surface area contributed by atoms with Crippen molar-refractivity contribution in [1.29, 1.82) is 0 Å². The number of rotatable bonds is 6. The molecule has 2 heterocycles. The van der Waals surface area contributed by atoms with Crippen molar-refractivity contribution in [2.24, 2.45) is 0 Å². The van der Waals surface area contributed by atoms with Crippen LogP contribution < -0.4 is 4.90 Å². The molecule has 9 aromatic rings. The lowest BCUT2D eigenvalue weighted by molar-refractivity contribution is 0.346. The van der Waals surface area contributed by atoms with Gasteiger partial charge < -0.3 is 13.9 Å². The van der Waals surface area contributed by atoms with Crippen molar-refractivity contribution in [2.45, 2.75) is 37.5 Å². The van der Waals surface area contributed by atoms with Gasteiger partial charge in [-0.15, -0.1) is 0 Å². The molecule has 0 N–H and O–H groups in total. The van der Waals surface area contributed by atoms with E-state index in [1.54, 1.807) is 0 Å². The summed E-state index contributed by atoms with van der Waals surface area (Å²) < 4.78 is 8.80. The largest absolute Gasteiger partial charge is 0.456 e. The summed E-state index contributed by atoms with van der Waals surface area (Å²) >= 11 is 0. The van der Waals surface area contributed by atoms with Gasteiger partial charge in [-0.2, -0.15) is 0 Å². The third-order valence-corrected chi connectivity index (χ3v) is 11.3. The fraction of sp³-hybridized carbons (Fsp3) is 0.125. The molecular weight excluding hydrogens is 621 g/mol. The number of aromatic nitrogens is 1. The second-order valence-corrected chi connectivity index (χ2v) is 14.1. The number of fused-ring (bicyclic) bond motifs is 6. The molecule has 0 amide bonds. The van der Waals surface area contributed by atoms with Gasteiger partial charge in [0.25, 0.3) is 0 Å². The van der Waals surface area contributed by atoms with Crippen LogP contribution in [0.25, 0.3) is 49.4 Å². The van der Waals surface area contributed by atoms with E-state index in [4.69, 9.17) is 4.42 Å². The van der Waals surface area contributed by atoms with Crippen molar-refractivity contribution < 1.29 is 4.42 Å². The summed E-state index contributed by atoms with van der Waals surface area (Å²) in [6.07, 6.45) is 6.21. The van der Waals surface area contributed by atoms with E-state index in [9.17, 15) is 0 Å². The van der Waals surface area contributed by atoms with Gasteiger partial charge in [0.15, 0.2) is 0 Å². The number of furan rings is 1. The average molecular weight is 659 g/mol. The molecular formula is C48H38N2O. The Morgan fingerprint density at radius 1 is 0.431 bits per heavy atom. The molecule has 1 saturated carbocycles. The van der Waals surface area contributed by atoms with Crippen LogP contribution in [0.3, 0.4) is 0 Å². The van der Waals surface area contributed by atoms with E-state index >= 15 is 0 Å². The SMILES string of the molecule is c1ccc(-n2c3ccccc3c3cc(N(c4ccc(C5(c6ccccc6)CCCCC5)cc4)c4ccc5c(c4)oc4ccccc45)ccc32)cc1. The maximum Gasteiger partial charge on any atom is 0.137 e. The van der Waals surface area contributed by atoms with Gasteiger partial charge in [0.2, 0.25) is 0 Å². The van der Waals surface area contributed by atoms with Crippen LogP contribution in [0, 0.1) is 0 Å². The molecule has 7 aromatic carbocycles. The Hall–Kier alpha value is -6.06. The number of anilines is 3. The average Bonchev–Trinajstić information content (AvgIpc) is 3.74. The van der Waals surface area contributed by atoms with E-state index < -0.39 is 0 Å². The van der Waals surface area contributed by atoms with Crippen molar-refractivity contribution in [3.63, 3.8) is 0 Å². The Kier molecular flexibility index (Phi) is 7.06. The van der Waals surface area contributed by atoms with Crippen LogP contribution in [0.4, 0.5) is 17.1 Å². The van der Waals surface area contributed by atoms with Crippen molar-refractivity contribution >= 4 is 60.8 Å². The van der Waals surface area contributed by atoms with Gasteiger partial charge >= 0.3 is 0 Å². The van der Waals surface area contributed by atoms with Gasteiger partial charge in [-0.3, -0.25) is 0 Å². The lowest BCUT2D eigenvalue weighted by Gasteiger charge is -2.39. The zero-order valence-electron chi connectivity index (χ0n) is 28.5. The number of nitrogens with zero attached hydrogens (tertiary/aromatic N) is 2. The van der Waals surface area contributed by atoms with Gasteiger partial charge in [-0.25, -0.2) is 0 Å². The smallest absolute Gasteiger partial charge is 0.137 e. The molecule has 0 saturated heterocycles. The minimum atomic E-state index is 0.0498. The van der Waals surface area contributed by atoms with Crippen LogP contribution in [0.15, 0.2) is 174 Å². The Labute approximate surface area is 298 Å². The molecule has 0 spiro atoms. The standard InChI is InChI=1S/C48H38N2O/c1-4-14-34(15-5-1)48(30-12-3-13-31-48)35-22-24-37(25-23-35)49(39-26-28-42-41-19-9-11-21-46(41)51-47(42)33-39)38-27-29-45-43(32-38)40-18-8-10-20-44(40)50(45)36-16-6-2-7-17-36/h1-2,4-11,14-29,32-33H,3,12-13,30-31H2. The van der Waals surface area contributed by atoms with E-state index in [0.29, 0.717) is 0 Å². The van der Waals surface area contributed by atoms with Crippen LogP contribution in [-0.2, 0) is 5.41 Å². The molecule has 0 radical (unpaired) electrons. The lowest BCUT2D eigenvalue weighted by Crippen LogP contribution is -2.30. The fourth-order valence-corrected chi connectivity index (χ4v) is 8.84. The first-order valence-corrected chi connectivity index (χ1v) is 18.2. The highest BCUT2D eigenvalue weighted by molar-refractivity contribution is 6.11. The Morgan fingerprint density at radius 2 is 1.02 bits per heavy atom. The molecule has 3 nitrogen and oxygen atoms in total. The first-order chi connectivity index (χ1) is 25.3. The van der Waals surface area contributed by atoms with Crippen LogP contribution >= 0.6 is 0 Å². The van der Waals surface area contributed by atoms with Gasteiger partial charge in [0.1, 0.15) is 11.2 Å². The summed E-state index contributed by atoms with van der Waals surface area (Å²) in [6.45, 7) is 0. The molecule has 0 unspecified atom stereocenters. The molecule has 2 aromatic heterocycles. The highest BCUT2D eigenvalue weighted by atomic mass is 16.3. The van der Waals surface area contributed by atoms with Crippen LogP contribution in [0.1, 0.15) is 43.2 Å². The molecule has 0 bridgehead atoms. The summed E-state index contributed by atoms with van der Waals surface area (Å²) in [4.78, 5) is 2.39. The highest BCUT2D eigenvalue weighted by Crippen LogP contribution is 2.47. The molecule has 246 valence electrons. The van der Waals surface area contributed by atoms with Gasteiger partial charge in [-0.05, 0) is 90.7 Å². The summed E-state index contributed by atoms with van der Waals surface area (Å²) in [6, 6.07) is 61.9. The van der Waals surface area contributed by atoms with E-state index in [2.05, 4.69) is 173 Å². The van der Waals surface area contributed by atoms with Gasteiger partial charge in [0, 0.05) is 55.8 Å². The number of benzene rings is 7. The summed E-state index contributed by atoms with van der Waals surface area (Å²) in [5.74, 6) is 0. The van der Waals surface area contributed by atoms with Gasteiger partial charge in [-0.1, -0.05) is 116 Å². The molecule has 0 aliphatic heterocycles. The Balaban J connectivity index is 1.16. The summed E-state index contributed by atoms with van der Waals surface area (Å²) in [5, 5.41) is 4.74. The molecule has 1 fully saturated rings. The molecule has 1 aliphatic carbocycles. The van der Waals surface area contributed by atoms with Crippen LogP contribution in [-0.4, -0.2) is 4.57 Å². The number of hydrogen-bond donors (Lipinski definition) is 0. The third kappa shape index (κ3) is 4.87. The summed E-state index contributed by atoms with van der Waals surface area (Å²) in [5.41, 5.74) is 11.5. The topological polar surface area (TPSA) is 21.3 Å². The van der Waals surface area contributed by atoms with E-state index in [1.807, 2.05) is 6.07 Å². The lowest BCUT2D eigenvalue weighted by atomic mass is 9.65. The normalized spacial score (nSPS) is 14.4. The second-order valence-electron chi connectivity index (χ2n) is 14.1. The third-order valence-electron chi connectivity index (χ3n) is 11.3. The Morgan fingerprint density at radius 3 is 1.82 bits per heavy atom. The zero-order valence-corrected chi connectivity index (χ0v) is 28.5. The first-order valence-electron chi connectivity index (χ1n) is 18.2. The maximum absolute atomic E-state index is 6.43. The monoisotopic (exact) mass is 658 g/mol. The van der Waals surface area contributed by atoms with Crippen LogP contribution in [0.5, 0.6) is 0 Å². The molecule has 3 heteroatoms. The predicted molar refractivity (Wildman–Crippen MR) is 213 cm³/mol. The second kappa shape index (κ2) is 12.1. The molecule has 10 rings (SSSR count). The molecule has 0 atom stereocenters. The molecule has 51 heavy (non-hydrogen) atoms. The number of para-hydroxylation sites is 3. The fourth-order valence-electron chi connectivity index (χ4n) is 8.84. The quantitative estimate of drug-likeness (QED) is 0.177. The zero-order chi connectivity index (χ0) is 33.8. The highest BCUT2D eigenvalue weighted by Gasteiger charge is 2.35. The van der Waals surface area contributed by atoms with Crippen molar-refractivity contribution in [3.8, 4) is 5.69 Å². The molecule has 1 aliphatic rings. The van der Waals surface area contributed by atoms with Crippen molar-refractivity contribution in [1.82, 2.24) is 4.57 Å². The van der Waals surface area contributed by atoms with E-state index in [-0.39, 0.29) is 5.41 Å².